The lowest BCUT2D eigenvalue weighted by Crippen LogP contribution is -2.46. The van der Waals surface area contributed by atoms with Gasteiger partial charge in [-0.1, -0.05) is 0 Å². The maximum atomic E-state index is 4.57. The smallest absolute Gasteiger partial charge is 0.136 e. The number of nitrogens with zero attached hydrogens (tertiary/aromatic N) is 4. The molecule has 0 saturated carbocycles. The van der Waals surface area contributed by atoms with Crippen LogP contribution in [0.15, 0.2) is 6.33 Å². The van der Waals surface area contributed by atoms with E-state index in [0.717, 1.165) is 38.4 Å². The van der Waals surface area contributed by atoms with Gasteiger partial charge >= 0.3 is 0 Å². The Morgan fingerprint density at radius 3 is 3.11 bits per heavy atom. The van der Waals surface area contributed by atoms with E-state index in [0.29, 0.717) is 6.04 Å². The van der Waals surface area contributed by atoms with E-state index in [9.17, 15) is 0 Å². The fourth-order valence-electron chi connectivity index (χ4n) is 3.10. The van der Waals surface area contributed by atoms with E-state index in [-0.39, 0.29) is 0 Å². The van der Waals surface area contributed by atoms with Gasteiger partial charge in [0.05, 0.1) is 5.69 Å². The topological polar surface area (TPSA) is 44.3 Å². The zero-order valence-corrected chi connectivity index (χ0v) is 11.9. The van der Waals surface area contributed by atoms with E-state index in [2.05, 4.69) is 39.2 Å². The minimum atomic E-state index is 0.635. The molecule has 0 spiro atoms. The molecule has 0 bridgehead atoms. The summed E-state index contributed by atoms with van der Waals surface area (Å²) in [5.41, 5.74) is 2.55. The van der Waals surface area contributed by atoms with E-state index >= 15 is 0 Å². The Hall–Kier alpha value is -1.20. The molecule has 0 radical (unpaired) electrons. The third-order valence-electron chi connectivity index (χ3n) is 4.28. The molecule has 104 valence electrons. The molecule has 1 fully saturated rings. The van der Waals surface area contributed by atoms with Crippen LogP contribution in [0.2, 0.25) is 0 Å². The normalized spacial score (nSPS) is 23.5. The van der Waals surface area contributed by atoms with E-state index < -0.39 is 0 Å². The molecule has 0 aromatic carbocycles. The van der Waals surface area contributed by atoms with Gasteiger partial charge < -0.3 is 15.1 Å². The van der Waals surface area contributed by atoms with Gasteiger partial charge in [0.15, 0.2) is 0 Å². The van der Waals surface area contributed by atoms with Crippen molar-refractivity contribution in [1.82, 2.24) is 20.2 Å². The van der Waals surface area contributed by atoms with Crippen molar-refractivity contribution >= 4 is 5.82 Å². The SMILES string of the molecule is CN(C)C1CCCN(c2ncnc3c2CNCC3)C1. The van der Waals surface area contributed by atoms with Gasteiger partial charge in [-0.15, -0.1) is 0 Å². The predicted octanol–water partition coefficient (Wildman–Crippen LogP) is 0.653. The minimum Gasteiger partial charge on any atom is -0.355 e. The van der Waals surface area contributed by atoms with E-state index in [4.69, 9.17) is 0 Å². The van der Waals surface area contributed by atoms with Crippen LogP contribution in [0.4, 0.5) is 5.82 Å². The zero-order valence-electron chi connectivity index (χ0n) is 11.9. The number of likely N-dealkylation sites (N-methyl/N-ethyl adjacent to an activating group) is 1. The fourth-order valence-corrected chi connectivity index (χ4v) is 3.10. The van der Waals surface area contributed by atoms with Gasteiger partial charge in [-0.25, -0.2) is 9.97 Å². The summed E-state index contributed by atoms with van der Waals surface area (Å²) in [5.74, 6) is 1.16. The molecule has 2 aliphatic rings. The van der Waals surface area contributed by atoms with Crippen LogP contribution in [0.3, 0.4) is 0 Å². The second-order valence-electron chi connectivity index (χ2n) is 5.75. The first kappa shape index (κ1) is 12.8. The van der Waals surface area contributed by atoms with Crippen LogP contribution in [0.25, 0.3) is 0 Å². The van der Waals surface area contributed by atoms with E-state index in [1.54, 1.807) is 6.33 Å². The Balaban J connectivity index is 1.85. The molecule has 3 rings (SSSR count). The molecule has 1 unspecified atom stereocenters. The van der Waals surface area contributed by atoms with Crippen molar-refractivity contribution in [3.8, 4) is 0 Å². The Bertz CT molecular complexity index is 445. The number of nitrogens with one attached hydrogen (secondary N) is 1. The van der Waals surface area contributed by atoms with Gasteiger partial charge in [-0.2, -0.15) is 0 Å². The maximum Gasteiger partial charge on any atom is 0.136 e. The highest BCUT2D eigenvalue weighted by molar-refractivity contribution is 5.50. The Morgan fingerprint density at radius 1 is 1.37 bits per heavy atom. The summed E-state index contributed by atoms with van der Waals surface area (Å²) in [6.07, 6.45) is 5.29. The van der Waals surface area contributed by atoms with Crippen LogP contribution in [-0.2, 0) is 13.0 Å². The first-order chi connectivity index (χ1) is 9.25. The van der Waals surface area contributed by atoms with Crippen LogP contribution in [0, 0.1) is 0 Å². The maximum absolute atomic E-state index is 4.57. The van der Waals surface area contributed by atoms with Gasteiger partial charge in [0.25, 0.3) is 0 Å². The van der Waals surface area contributed by atoms with Gasteiger partial charge in [-0.05, 0) is 26.9 Å². The molecule has 1 saturated heterocycles. The molecule has 19 heavy (non-hydrogen) atoms. The Kier molecular flexibility index (Phi) is 3.66. The number of rotatable bonds is 2. The molecule has 1 atom stereocenters. The average molecular weight is 261 g/mol. The van der Waals surface area contributed by atoms with Crippen molar-refractivity contribution in [2.24, 2.45) is 0 Å². The molecule has 1 aromatic heterocycles. The lowest BCUT2D eigenvalue weighted by molar-refractivity contribution is 0.257. The van der Waals surface area contributed by atoms with Crippen molar-refractivity contribution in [3.63, 3.8) is 0 Å². The van der Waals surface area contributed by atoms with Crippen molar-refractivity contribution in [2.75, 3.05) is 38.6 Å². The monoisotopic (exact) mass is 261 g/mol. The highest BCUT2D eigenvalue weighted by Gasteiger charge is 2.25. The van der Waals surface area contributed by atoms with E-state index in [1.165, 1.54) is 24.1 Å². The summed E-state index contributed by atoms with van der Waals surface area (Å²) < 4.78 is 0. The number of hydrogen-bond donors (Lipinski definition) is 1. The number of hydrogen-bond acceptors (Lipinski definition) is 5. The molecule has 2 aliphatic heterocycles. The highest BCUT2D eigenvalue weighted by Crippen LogP contribution is 2.26. The predicted molar refractivity (Wildman–Crippen MR) is 76.4 cm³/mol. The number of aromatic nitrogens is 2. The molecule has 3 heterocycles. The van der Waals surface area contributed by atoms with Crippen molar-refractivity contribution in [1.29, 1.82) is 0 Å². The second-order valence-corrected chi connectivity index (χ2v) is 5.75. The lowest BCUT2D eigenvalue weighted by atomic mass is 10.0. The number of piperidine rings is 1. The zero-order chi connectivity index (χ0) is 13.2. The van der Waals surface area contributed by atoms with Gasteiger partial charge in [0, 0.05) is 44.2 Å². The summed E-state index contributed by atoms with van der Waals surface area (Å²) in [7, 11) is 4.34. The highest BCUT2D eigenvalue weighted by atomic mass is 15.2. The standard InChI is InChI=1S/C14H23N5/c1-18(2)11-4-3-7-19(9-11)14-12-8-15-6-5-13(12)16-10-17-14/h10-11,15H,3-9H2,1-2H3. The van der Waals surface area contributed by atoms with Gasteiger partial charge in [0.2, 0.25) is 0 Å². The Morgan fingerprint density at radius 2 is 2.26 bits per heavy atom. The van der Waals surface area contributed by atoms with Crippen LogP contribution >= 0.6 is 0 Å². The quantitative estimate of drug-likeness (QED) is 0.847. The molecule has 1 aromatic rings. The lowest BCUT2D eigenvalue weighted by Gasteiger charge is -2.38. The number of fused-ring (bicyclic) bond motifs is 1. The fraction of sp³-hybridized carbons (Fsp3) is 0.714. The average Bonchev–Trinajstić information content (AvgIpc) is 2.47. The van der Waals surface area contributed by atoms with Crippen molar-refractivity contribution in [3.05, 3.63) is 17.6 Å². The van der Waals surface area contributed by atoms with Crippen molar-refractivity contribution in [2.45, 2.75) is 31.8 Å². The molecule has 0 amide bonds. The van der Waals surface area contributed by atoms with Crippen molar-refractivity contribution < 1.29 is 0 Å². The third kappa shape index (κ3) is 2.58. The van der Waals surface area contributed by atoms with E-state index in [1.807, 2.05) is 0 Å². The van der Waals surface area contributed by atoms with Gasteiger partial charge in [-0.3, -0.25) is 0 Å². The van der Waals surface area contributed by atoms with Gasteiger partial charge in [0.1, 0.15) is 12.1 Å². The summed E-state index contributed by atoms with van der Waals surface area (Å²) >= 11 is 0. The first-order valence-electron chi connectivity index (χ1n) is 7.20. The molecular formula is C14H23N5. The van der Waals surface area contributed by atoms with Crippen LogP contribution in [0.1, 0.15) is 24.1 Å². The minimum absolute atomic E-state index is 0.635. The summed E-state index contributed by atoms with van der Waals surface area (Å²) in [4.78, 5) is 13.8. The van der Waals surface area contributed by atoms with Crippen LogP contribution < -0.4 is 10.2 Å². The summed E-state index contributed by atoms with van der Waals surface area (Å²) in [6.45, 7) is 4.14. The largest absolute Gasteiger partial charge is 0.355 e. The van der Waals surface area contributed by atoms with Crippen LogP contribution in [-0.4, -0.2) is 54.6 Å². The molecular weight excluding hydrogens is 238 g/mol. The second kappa shape index (κ2) is 5.43. The molecule has 0 aliphatic carbocycles. The summed E-state index contributed by atoms with van der Waals surface area (Å²) in [5, 5.41) is 3.44. The molecule has 5 nitrogen and oxygen atoms in total. The Labute approximate surface area is 115 Å². The van der Waals surface area contributed by atoms with Crippen LogP contribution in [0.5, 0.6) is 0 Å². The summed E-state index contributed by atoms with van der Waals surface area (Å²) in [6, 6.07) is 0.635. The third-order valence-corrected chi connectivity index (χ3v) is 4.28. The number of anilines is 1. The molecule has 1 N–H and O–H groups in total. The first-order valence-corrected chi connectivity index (χ1v) is 7.20. The molecule has 5 heteroatoms.